The van der Waals surface area contributed by atoms with Gasteiger partial charge < -0.3 is 15.6 Å². The molecule has 96 valence electrons. The number of rotatable bonds is 2. The molecule has 2 aromatic rings. The molecule has 0 aliphatic rings. The van der Waals surface area contributed by atoms with Crippen LogP contribution in [-0.2, 0) is 7.05 Å². The molecule has 3 N–H and O–H groups in total. The average molecular weight is 275 g/mol. The van der Waals surface area contributed by atoms with Crippen LogP contribution in [-0.4, -0.2) is 10.5 Å². The van der Waals surface area contributed by atoms with E-state index in [0.29, 0.717) is 27.7 Å². The quantitative estimate of drug-likeness (QED) is 0.882. The lowest BCUT2D eigenvalue weighted by molar-refractivity contribution is 0.101. The Labute approximate surface area is 115 Å². The summed E-state index contributed by atoms with van der Waals surface area (Å²) >= 11 is 5.97. The van der Waals surface area contributed by atoms with E-state index in [1.807, 2.05) is 6.07 Å². The standard InChI is InChI=1S/C13H11ClN4O/c1-18-7-9(16)5-12(18)13(19)17-11-4-8(6-15)2-3-10(11)14/h2-5,7H,16H2,1H3,(H,17,19). The molecule has 0 radical (unpaired) electrons. The fourth-order valence-corrected chi connectivity index (χ4v) is 1.86. The minimum Gasteiger partial charge on any atom is -0.397 e. The Morgan fingerprint density at radius 1 is 1.47 bits per heavy atom. The smallest absolute Gasteiger partial charge is 0.272 e. The fraction of sp³-hybridized carbons (Fsp3) is 0.0769. The number of hydrogen-bond acceptors (Lipinski definition) is 3. The van der Waals surface area contributed by atoms with Gasteiger partial charge in [-0.1, -0.05) is 11.6 Å². The monoisotopic (exact) mass is 274 g/mol. The van der Waals surface area contributed by atoms with Crippen LogP contribution in [0.1, 0.15) is 16.1 Å². The third-order valence-corrected chi connectivity index (χ3v) is 2.93. The summed E-state index contributed by atoms with van der Waals surface area (Å²) in [7, 11) is 1.72. The number of hydrogen-bond donors (Lipinski definition) is 2. The Hall–Kier alpha value is -2.45. The van der Waals surface area contributed by atoms with Gasteiger partial charge in [0, 0.05) is 13.2 Å². The van der Waals surface area contributed by atoms with Crippen LogP contribution in [0.25, 0.3) is 0 Å². The SMILES string of the molecule is Cn1cc(N)cc1C(=O)Nc1cc(C#N)ccc1Cl. The van der Waals surface area contributed by atoms with Gasteiger partial charge in [0.2, 0.25) is 0 Å². The number of nitrogen functional groups attached to an aromatic ring is 1. The highest BCUT2D eigenvalue weighted by Crippen LogP contribution is 2.23. The summed E-state index contributed by atoms with van der Waals surface area (Å²) in [6.07, 6.45) is 1.64. The number of aryl methyl sites for hydroxylation is 1. The third-order valence-electron chi connectivity index (χ3n) is 2.60. The van der Waals surface area contributed by atoms with Crippen molar-refractivity contribution >= 4 is 28.9 Å². The number of benzene rings is 1. The van der Waals surface area contributed by atoms with Gasteiger partial charge in [0.1, 0.15) is 5.69 Å². The summed E-state index contributed by atoms with van der Waals surface area (Å²) in [6.45, 7) is 0. The van der Waals surface area contributed by atoms with Gasteiger partial charge in [0.05, 0.1) is 28.0 Å². The second-order valence-corrected chi connectivity index (χ2v) is 4.44. The zero-order chi connectivity index (χ0) is 14.0. The molecule has 0 spiro atoms. The molecule has 19 heavy (non-hydrogen) atoms. The van der Waals surface area contributed by atoms with E-state index >= 15 is 0 Å². The number of amides is 1. The second-order valence-electron chi connectivity index (χ2n) is 4.03. The molecule has 1 aromatic heterocycles. The predicted molar refractivity (Wildman–Crippen MR) is 73.9 cm³/mol. The average Bonchev–Trinajstić information content (AvgIpc) is 2.71. The maximum Gasteiger partial charge on any atom is 0.272 e. The van der Waals surface area contributed by atoms with E-state index in [2.05, 4.69) is 5.32 Å². The van der Waals surface area contributed by atoms with Crippen molar-refractivity contribution in [1.29, 1.82) is 5.26 Å². The maximum absolute atomic E-state index is 12.1. The molecule has 5 nitrogen and oxygen atoms in total. The van der Waals surface area contributed by atoms with E-state index in [4.69, 9.17) is 22.6 Å². The van der Waals surface area contributed by atoms with Crippen molar-refractivity contribution in [3.05, 3.63) is 46.7 Å². The summed E-state index contributed by atoms with van der Waals surface area (Å²) in [5, 5.41) is 11.9. The highest BCUT2D eigenvalue weighted by molar-refractivity contribution is 6.34. The van der Waals surface area contributed by atoms with Gasteiger partial charge >= 0.3 is 0 Å². The van der Waals surface area contributed by atoms with Crippen LogP contribution >= 0.6 is 11.6 Å². The van der Waals surface area contributed by atoms with Crippen LogP contribution in [0.5, 0.6) is 0 Å². The van der Waals surface area contributed by atoms with Gasteiger partial charge in [-0.05, 0) is 24.3 Å². The van der Waals surface area contributed by atoms with Crippen molar-refractivity contribution in [2.75, 3.05) is 11.1 Å². The number of nitriles is 1. The summed E-state index contributed by atoms with van der Waals surface area (Å²) in [5.41, 5.74) is 7.35. The van der Waals surface area contributed by atoms with Crippen LogP contribution in [0.3, 0.4) is 0 Å². The number of halogens is 1. The summed E-state index contributed by atoms with van der Waals surface area (Å²) in [5.74, 6) is -0.337. The van der Waals surface area contributed by atoms with Gasteiger partial charge in [-0.2, -0.15) is 5.26 Å². The Balaban J connectivity index is 2.29. The number of aromatic nitrogens is 1. The van der Waals surface area contributed by atoms with Crippen molar-refractivity contribution in [3.8, 4) is 6.07 Å². The Kier molecular flexibility index (Phi) is 3.45. The normalized spacial score (nSPS) is 9.95. The number of anilines is 2. The van der Waals surface area contributed by atoms with Gasteiger partial charge in [0.15, 0.2) is 0 Å². The summed E-state index contributed by atoms with van der Waals surface area (Å²) in [6, 6.07) is 8.22. The van der Waals surface area contributed by atoms with E-state index in [-0.39, 0.29) is 5.91 Å². The van der Waals surface area contributed by atoms with Crippen molar-refractivity contribution in [3.63, 3.8) is 0 Å². The highest BCUT2D eigenvalue weighted by Gasteiger charge is 2.13. The molecule has 1 heterocycles. The molecule has 0 fully saturated rings. The summed E-state index contributed by atoms with van der Waals surface area (Å²) < 4.78 is 1.62. The van der Waals surface area contributed by atoms with Crippen LogP contribution in [0.4, 0.5) is 11.4 Å². The van der Waals surface area contributed by atoms with E-state index in [9.17, 15) is 4.79 Å². The van der Waals surface area contributed by atoms with Crippen LogP contribution < -0.4 is 11.1 Å². The molecule has 0 aliphatic carbocycles. The first-order valence-corrected chi connectivity index (χ1v) is 5.82. The number of nitrogens with one attached hydrogen (secondary N) is 1. The fourth-order valence-electron chi connectivity index (χ4n) is 1.69. The molecule has 0 unspecified atom stereocenters. The molecular formula is C13H11ClN4O. The van der Waals surface area contributed by atoms with Gasteiger partial charge in [-0.25, -0.2) is 0 Å². The third kappa shape index (κ3) is 2.69. The Morgan fingerprint density at radius 3 is 2.79 bits per heavy atom. The maximum atomic E-state index is 12.1. The van der Waals surface area contributed by atoms with Crippen molar-refractivity contribution in [2.45, 2.75) is 0 Å². The van der Waals surface area contributed by atoms with Crippen molar-refractivity contribution in [1.82, 2.24) is 4.57 Å². The largest absolute Gasteiger partial charge is 0.397 e. The molecule has 2 rings (SSSR count). The number of nitrogens with zero attached hydrogens (tertiary/aromatic N) is 2. The zero-order valence-corrected chi connectivity index (χ0v) is 10.9. The first-order valence-electron chi connectivity index (χ1n) is 5.44. The topological polar surface area (TPSA) is 83.8 Å². The molecule has 0 saturated heterocycles. The first kappa shape index (κ1) is 13.0. The zero-order valence-electron chi connectivity index (χ0n) is 10.1. The molecule has 0 saturated carbocycles. The van der Waals surface area contributed by atoms with Crippen LogP contribution in [0, 0.1) is 11.3 Å². The Morgan fingerprint density at radius 2 is 2.21 bits per heavy atom. The molecular weight excluding hydrogens is 264 g/mol. The molecule has 0 bridgehead atoms. The predicted octanol–water partition coefficient (Wildman–Crippen LogP) is 2.38. The van der Waals surface area contributed by atoms with Crippen molar-refractivity contribution in [2.24, 2.45) is 7.05 Å². The lowest BCUT2D eigenvalue weighted by Gasteiger charge is -2.08. The number of nitrogens with two attached hydrogens (primary N) is 1. The lowest BCUT2D eigenvalue weighted by atomic mass is 10.2. The van der Waals surface area contributed by atoms with Gasteiger partial charge in [0.25, 0.3) is 5.91 Å². The molecule has 0 atom stereocenters. The molecule has 0 aliphatic heterocycles. The Bertz CT molecular complexity index is 684. The van der Waals surface area contributed by atoms with Crippen molar-refractivity contribution < 1.29 is 4.79 Å². The van der Waals surface area contributed by atoms with E-state index in [1.54, 1.807) is 36.0 Å². The van der Waals surface area contributed by atoms with Crippen LogP contribution in [0.15, 0.2) is 30.5 Å². The van der Waals surface area contributed by atoms with E-state index in [0.717, 1.165) is 0 Å². The number of carbonyl (C=O) groups is 1. The summed E-state index contributed by atoms with van der Waals surface area (Å²) in [4.78, 5) is 12.1. The highest BCUT2D eigenvalue weighted by atomic mass is 35.5. The lowest BCUT2D eigenvalue weighted by Crippen LogP contribution is -2.15. The van der Waals surface area contributed by atoms with Crippen LogP contribution in [0.2, 0.25) is 5.02 Å². The van der Waals surface area contributed by atoms with Gasteiger partial charge in [-0.3, -0.25) is 4.79 Å². The van der Waals surface area contributed by atoms with Gasteiger partial charge in [-0.15, -0.1) is 0 Å². The number of carbonyl (C=O) groups excluding carboxylic acids is 1. The van der Waals surface area contributed by atoms with E-state index in [1.165, 1.54) is 6.07 Å². The molecule has 1 amide bonds. The molecule has 1 aromatic carbocycles. The minimum absolute atomic E-state index is 0.337. The molecule has 6 heteroatoms. The first-order chi connectivity index (χ1) is 9.01. The second kappa shape index (κ2) is 5.04. The minimum atomic E-state index is -0.337. The van der Waals surface area contributed by atoms with E-state index < -0.39 is 0 Å².